The molecule has 0 saturated carbocycles. The molecule has 30 heavy (non-hydrogen) atoms. The van der Waals surface area contributed by atoms with Gasteiger partial charge in [-0.1, -0.05) is 11.6 Å². The number of amides is 3. The molecule has 9 heteroatoms. The molecule has 1 aromatic carbocycles. The minimum Gasteiger partial charge on any atom is -0.465 e. The molecule has 1 fully saturated rings. The molecule has 0 spiro atoms. The van der Waals surface area contributed by atoms with Gasteiger partial charge in [0.1, 0.15) is 11.6 Å². The topological polar surface area (TPSA) is 82.9 Å². The first-order valence-electron chi connectivity index (χ1n) is 9.45. The van der Waals surface area contributed by atoms with Crippen LogP contribution < -0.4 is 5.32 Å². The molecule has 0 unspecified atom stereocenters. The second-order valence-electron chi connectivity index (χ2n) is 6.69. The summed E-state index contributed by atoms with van der Waals surface area (Å²) in [7, 11) is 0. The second kappa shape index (κ2) is 10.1. The predicted octanol–water partition coefficient (Wildman–Crippen LogP) is 2.58. The van der Waals surface area contributed by atoms with E-state index in [1.165, 1.54) is 24.5 Å². The monoisotopic (exact) mass is 433 g/mol. The van der Waals surface area contributed by atoms with Crippen molar-refractivity contribution in [2.75, 3.05) is 32.7 Å². The van der Waals surface area contributed by atoms with Gasteiger partial charge in [-0.3, -0.25) is 14.4 Å². The highest BCUT2D eigenvalue weighted by atomic mass is 35.5. The van der Waals surface area contributed by atoms with Crippen molar-refractivity contribution in [1.82, 2.24) is 15.1 Å². The molecule has 1 aromatic heterocycles. The molecular formula is C21H21ClFN3O4. The highest BCUT2D eigenvalue weighted by molar-refractivity contribution is 6.33. The summed E-state index contributed by atoms with van der Waals surface area (Å²) in [5.74, 6) is -0.642. The van der Waals surface area contributed by atoms with Crippen molar-refractivity contribution in [3.05, 3.63) is 64.8 Å². The van der Waals surface area contributed by atoms with E-state index in [0.29, 0.717) is 31.9 Å². The Bertz CT molecular complexity index is 938. The van der Waals surface area contributed by atoms with E-state index in [2.05, 4.69) is 5.32 Å². The average molecular weight is 434 g/mol. The van der Waals surface area contributed by atoms with Gasteiger partial charge >= 0.3 is 0 Å². The quantitative estimate of drug-likeness (QED) is 0.710. The molecule has 1 saturated heterocycles. The third-order valence-corrected chi connectivity index (χ3v) is 4.97. The summed E-state index contributed by atoms with van der Waals surface area (Å²) < 4.78 is 18.3. The minimum absolute atomic E-state index is 0.0651. The smallest absolute Gasteiger partial charge is 0.255 e. The molecular weight excluding hydrogens is 413 g/mol. The van der Waals surface area contributed by atoms with Crippen LogP contribution >= 0.6 is 11.6 Å². The fourth-order valence-corrected chi connectivity index (χ4v) is 3.29. The van der Waals surface area contributed by atoms with Gasteiger partial charge in [0.05, 0.1) is 16.8 Å². The fourth-order valence-electron chi connectivity index (χ4n) is 3.05. The predicted molar refractivity (Wildman–Crippen MR) is 109 cm³/mol. The number of carbonyl (C=O) groups is 3. The molecule has 158 valence electrons. The highest BCUT2D eigenvalue weighted by Gasteiger charge is 2.25. The van der Waals surface area contributed by atoms with E-state index in [1.807, 2.05) is 0 Å². The third-order valence-electron chi connectivity index (χ3n) is 4.66. The Balaban J connectivity index is 1.40. The van der Waals surface area contributed by atoms with Crippen molar-refractivity contribution >= 4 is 35.4 Å². The van der Waals surface area contributed by atoms with E-state index in [1.54, 1.807) is 28.0 Å². The van der Waals surface area contributed by atoms with Crippen LogP contribution in [0.3, 0.4) is 0 Å². The average Bonchev–Trinajstić information content (AvgIpc) is 3.25. The largest absolute Gasteiger partial charge is 0.465 e. The molecule has 1 aliphatic heterocycles. The number of rotatable bonds is 6. The Morgan fingerprint density at radius 1 is 1.13 bits per heavy atom. The number of piperazine rings is 1. The van der Waals surface area contributed by atoms with Crippen LogP contribution in [0.5, 0.6) is 0 Å². The van der Waals surface area contributed by atoms with E-state index in [-0.39, 0.29) is 41.3 Å². The molecule has 0 radical (unpaired) electrons. The van der Waals surface area contributed by atoms with Crippen LogP contribution in [0.4, 0.5) is 4.39 Å². The fraction of sp³-hybridized carbons (Fsp3) is 0.286. The van der Waals surface area contributed by atoms with Gasteiger partial charge in [0.15, 0.2) is 0 Å². The summed E-state index contributed by atoms with van der Waals surface area (Å²) in [6.45, 7) is 1.70. The number of nitrogens with one attached hydrogen (secondary N) is 1. The van der Waals surface area contributed by atoms with Gasteiger partial charge < -0.3 is 19.5 Å². The molecule has 7 nitrogen and oxygen atoms in total. The summed E-state index contributed by atoms with van der Waals surface area (Å²) >= 11 is 5.96. The Kier molecular flexibility index (Phi) is 7.24. The molecule has 3 rings (SSSR count). The van der Waals surface area contributed by atoms with Crippen LogP contribution in [0, 0.1) is 5.82 Å². The van der Waals surface area contributed by atoms with Crippen LogP contribution in [0.2, 0.25) is 5.02 Å². The Labute approximate surface area is 178 Å². The van der Waals surface area contributed by atoms with Crippen LogP contribution in [-0.4, -0.2) is 60.2 Å². The van der Waals surface area contributed by atoms with Gasteiger partial charge in [0.25, 0.3) is 5.91 Å². The lowest BCUT2D eigenvalue weighted by molar-refractivity contribution is -0.132. The zero-order chi connectivity index (χ0) is 21.5. The van der Waals surface area contributed by atoms with Crippen molar-refractivity contribution in [1.29, 1.82) is 0 Å². The summed E-state index contributed by atoms with van der Waals surface area (Å²) in [6, 6.07) is 7.10. The molecule has 0 aliphatic carbocycles. The van der Waals surface area contributed by atoms with E-state index in [9.17, 15) is 18.8 Å². The van der Waals surface area contributed by atoms with Gasteiger partial charge in [-0.2, -0.15) is 0 Å². The van der Waals surface area contributed by atoms with Crippen molar-refractivity contribution < 1.29 is 23.2 Å². The molecule has 2 heterocycles. The van der Waals surface area contributed by atoms with Gasteiger partial charge in [-0.25, -0.2) is 4.39 Å². The number of hydrogen-bond acceptors (Lipinski definition) is 4. The summed E-state index contributed by atoms with van der Waals surface area (Å²) in [4.78, 5) is 39.9. The van der Waals surface area contributed by atoms with Crippen LogP contribution in [0.25, 0.3) is 6.08 Å². The van der Waals surface area contributed by atoms with Crippen molar-refractivity contribution in [3.63, 3.8) is 0 Å². The molecule has 0 bridgehead atoms. The van der Waals surface area contributed by atoms with E-state index in [0.717, 1.165) is 6.07 Å². The molecule has 1 aliphatic rings. The van der Waals surface area contributed by atoms with Crippen LogP contribution in [0.15, 0.2) is 47.1 Å². The number of benzene rings is 1. The standard InChI is InChI=1S/C21H21ClFN3O4/c22-18-14-15(23)3-5-17(18)21(29)26-11-9-25(10-12-26)20(28)7-8-24-19(27)6-4-16-2-1-13-30-16/h1-6,13-14H,7-12H2,(H,24,27)/b6-4+. The van der Waals surface area contributed by atoms with Gasteiger partial charge in [0.2, 0.25) is 11.8 Å². The number of carbonyl (C=O) groups excluding carboxylic acids is 3. The number of nitrogens with zero attached hydrogens (tertiary/aromatic N) is 2. The number of halogens is 2. The summed E-state index contributed by atoms with van der Waals surface area (Å²) in [5.41, 5.74) is 0.239. The maximum absolute atomic E-state index is 13.2. The number of furan rings is 1. The molecule has 2 aromatic rings. The first-order valence-corrected chi connectivity index (χ1v) is 9.83. The Hall–Kier alpha value is -3.13. The summed E-state index contributed by atoms with van der Waals surface area (Å²) in [5, 5.41) is 2.71. The zero-order valence-corrected chi connectivity index (χ0v) is 16.9. The molecule has 3 amide bonds. The second-order valence-corrected chi connectivity index (χ2v) is 7.09. The highest BCUT2D eigenvalue weighted by Crippen LogP contribution is 2.20. The van der Waals surface area contributed by atoms with Crippen LogP contribution in [-0.2, 0) is 9.59 Å². The van der Waals surface area contributed by atoms with E-state index < -0.39 is 5.82 Å². The lowest BCUT2D eigenvalue weighted by Gasteiger charge is -2.35. The van der Waals surface area contributed by atoms with Gasteiger partial charge in [-0.05, 0) is 36.4 Å². The maximum Gasteiger partial charge on any atom is 0.255 e. The normalized spacial score (nSPS) is 14.2. The van der Waals surface area contributed by atoms with Crippen LogP contribution in [0.1, 0.15) is 22.5 Å². The maximum atomic E-state index is 13.2. The summed E-state index contributed by atoms with van der Waals surface area (Å²) in [6.07, 6.45) is 4.56. The zero-order valence-electron chi connectivity index (χ0n) is 16.1. The van der Waals surface area contributed by atoms with Gasteiger partial charge in [-0.15, -0.1) is 0 Å². The number of hydrogen-bond donors (Lipinski definition) is 1. The van der Waals surface area contributed by atoms with E-state index >= 15 is 0 Å². The molecule has 0 atom stereocenters. The lowest BCUT2D eigenvalue weighted by Crippen LogP contribution is -2.51. The SMILES string of the molecule is O=C(/C=C/c1ccco1)NCCC(=O)N1CCN(C(=O)c2ccc(F)cc2Cl)CC1. The Morgan fingerprint density at radius 3 is 2.53 bits per heavy atom. The van der Waals surface area contributed by atoms with Gasteiger partial charge in [0, 0.05) is 45.2 Å². The van der Waals surface area contributed by atoms with Crippen molar-refractivity contribution in [3.8, 4) is 0 Å². The third kappa shape index (κ3) is 5.70. The molecule has 1 N–H and O–H groups in total. The Morgan fingerprint density at radius 2 is 1.87 bits per heavy atom. The lowest BCUT2D eigenvalue weighted by atomic mass is 10.1. The first-order chi connectivity index (χ1) is 14.4. The van der Waals surface area contributed by atoms with E-state index in [4.69, 9.17) is 16.0 Å². The first kappa shape index (κ1) is 21.6. The minimum atomic E-state index is -0.504. The van der Waals surface area contributed by atoms with Crippen molar-refractivity contribution in [2.24, 2.45) is 0 Å². The van der Waals surface area contributed by atoms with Crippen molar-refractivity contribution in [2.45, 2.75) is 6.42 Å².